The second-order valence-electron chi connectivity index (χ2n) is 6.86. The van der Waals surface area contributed by atoms with Gasteiger partial charge in [-0.1, -0.05) is 18.2 Å². The van der Waals surface area contributed by atoms with Gasteiger partial charge in [0.2, 0.25) is 0 Å². The van der Waals surface area contributed by atoms with Crippen LogP contribution in [0.3, 0.4) is 0 Å². The Hall–Kier alpha value is -3.55. The Balaban J connectivity index is 1.36. The fourth-order valence-corrected chi connectivity index (χ4v) is 3.15. The molecule has 1 atom stereocenters. The first-order valence-corrected chi connectivity index (χ1v) is 9.46. The molecule has 1 unspecified atom stereocenters. The third kappa shape index (κ3) is 4.16. The number of ether oxygens (including phenoxy) is 2. The van der Waals surface area contributed by atoms with E-state index < -0.39 is 0 Å². The lowest BCUT2D eigenvalue weighted by Crippen LogP contribution is -2.38. The minimum atomic E-state index is -0.146. The maximum Gasteiger partial charge on any atom is 0.317 e. The summed E-state index contributed by atoms with van der Waals surface area (Å²) < 4.78 is 12.8. The zero-order valence-electron chi connectivity index (χ0n) is 16.4. The molecule has 2 amide bonds. The number of fused-ring (bicyclic) bond motifs is 1. The van der Waals surface area contributed by atoms with E-state index in [9.17, 15) is 4.79 Å². The Morgan fingerprint density at radius 2 is 1.93 bits per heavy atom. The van der Waals surface area contributed by atoms with Crippen molar-refractivity contribution in [2.45, 2.75) is 19.5 Å². The summed E-state index contributed by atoms with van der Waals surface area (Å²) in [5.74, 6) is 1.46. The Bertz CT molecular complexity index is 972. The Morgan fingerprint density at radius 3 is 2.66 bits per heavy atom. The third-order valence-electron chi connectivity index (χ3n) is 5.01. The van der Waals surface area contributed by atoms with E-state index in [1.807, 2.05) is 49.4 Å². The molecule has 1 N–H and O–H groups in total. The molecule has 8 nitrogen and oxygen atoms in total. The molecule has 1 aromatic heterocycles. The van der Waals surface area contributed by atoms with Crippen LogP contribution in [0.5, 0.6) is 11.5 Å². The molecule has 0 fully saturated rings. The van der Waals surface area contributed by atoms with Crippen LogP contribution in [0.2, 0.25) is 0 Å². The van der Waals surface area contributed by atoms with E-state index in [0.717, 1.165) is 28.3 Å². The van der Waals surface area contributed by atoms with E-state index in [0.29, 0.717) is 19.8 Å². The first-order valence-electron chi connectivity index (χ1n) is 9.46. The summed E-state index contributed by atoms with van der Waals surface area (Å²) in [4.78, 5) is 18.2. The quantitative estimate of drug-likeness (QED) is 0.721. The van der Waals surface area contributed by atoms with E-state index in [1.54, 1.807) is 23.0 Å². The first-order chi connectivity index (χ1) is 14.1. The molecule has 29 heavy (non-hydrogen) atoms. The number of benzene rings is 2. The van der Waals surface area contributed by atoms with Gasteiger partial charge in [-0.15, -0.1) is 0 Å². The van der Waals surface area contributed by atoms with Crippen molar-refractivity contribution in [3.8, 4) is 17.2 Å². The molecule has 0 bridgehead atoms. The highest BCUT2D eigenvalue weighted by Crippen LogP contribution is 2.30. The molecular weight excluding hydrogens is 370 g/mol. The maximum atomic E-state index is 12.6. The first kappa shape index (κ1) is 18.8. The van der Waals surface area contributed by atoms with Crippen molar-refractivity contribution >= 4 is 6.03 Å². The van der Waals surface area contributed by atoms with E-state index in [4.69, 9.17) is 9.47 Å². The van der Waals surface area contributed by atoms with Crippen LogP contribution in [-0.4, -0.2) is 46.0 Å². The van der Waals surface area contributed by atoms with Gasteiger partial charge < -0.3 is 19.7 Å². The molecule has 0 saturated heterocycles. The predicted molar refractivity (Wildman–Crippen MR) is 107 cm³/mol. The smallest absolute Gasteiger partial charge is 0.317 e. The second kappa shape index (κ2) is 8.22. The minimum Gasteiger partial charge on any atom is -0.486 e. The van der Waals surface area contributed by atoms with Crippen molar-refractivity contribution in [2.24, 2.45) is 0 Å². The highest BCUT2D eigenvalue weighted by atomic mass is 16.6. The zero-order valence-corrected chi connectivity index (χ0v) is 16.4. The van der Waals surface area contributed by atoms with E-state index >= 15 is 0 Å². The van der Waals surface area contributed by atoms with Crippen LogP contribution in [0.4, 0.5) is 4.79 Å². The number of urea groups is 1. The van der Waals surface area contributed by atoms with Crippen LogP contribution in [-0.2, 0) is 6.54 Å². The molecule has 2 heterocycles. The van der Waals surface area contributed by atoms with Crippen molar-refractivity contribution in [1.82, 2.24) is 25.0 Å². The number of aromatic nitrogens is 3. The summed E-state index contributed by atoms with van der Waals surface area (Å²) in [6.45, 7) is 3.51. The summed E-state index contributed by atoms with van der Waals surface area (Å²) in [6, 6.07) is 13.4. The van der Waals surface area contributed by atoms with Crippen molar-refractivity contribution in [3.05, 3.63) is 66.2 Å². The SMILES string of the molecule is CC(c1ccc(-n2cncn2)cc1)N(C)C(=O)NCc1ccc2c(c1)OCCO2. The molecule has 3 aromatic rings. The van der Waals surface area contributed by atoms with Gasteiger partial charge in [-0.3, -0.25) is 0 Å². The number of carbonyl (C=O) groups is 1. The van der Waals surface area contributed by atoms with Gasteiger partial charge in [0.15, 0.2) is 11.5 Å². The number of nitrogens with one attached hydrogen (secondary N) is 1. The largest absolute Gasteiger partial charge is 0.486 e. The minimum absolute atomic E-state index is 0.0833. The molecular formula is C21H23N5O3. The van der Waals surface area contributed by atoms with Crippen LogP contribution >= 0.6 is 0 Å². The zero-order chi connectivity index (χ0) is 20.2. The Labute approximate surface area is 169 Å². The predicted octanol–water partition coefficient (Wildman–Crippen LogP) is 2.94. The summed E-state index contributed by atoms with van der Waals surface area (Å²) in [7, 11) is 1.79. The summed E-state index contributed by atoms with van der Waals surface area (Å²) >= 11 is 0. The highest BCUT2D eigenvalue weighted by Gasteiger charge is 2.18. The third-order valence-corrected chi connectivity index (χ3v) is 5.01. The Morgan fingerprint density at radius 1 is 1.17 bits per heavy atom. The molecule has 8 heteroatoms. The number of nitrogens with zero attached hydrogens (tertiary/aromatic N) is 4. The number of amides is 2. The topological polar surface area (TPSA) is 81.5 Å². The summed E-state index contributed by atoms with van der Waals surface area (Å²) in [5, 5.41) is 7.08. The number of hydrogen-bond acceptors (Lipinski definition) is 5. The second-order valence-corrected chi connectivity index (χ2v) is 6.86. The maximum absolute atomic E-state index is 12.6. The lowest BCUT2D eigenvalue weighted by atomic mass is 10.1. The molecule has 0 saturated carbocycles. The molecule has 2 aromatic carbocycles. The van der Waals surface area contributed by atoms with Gasteiger partial charge in [0.05, 0.1) is 11.7 Å². The number of rotatable bonds is 5. The van der Waals surface area contributed by atoms with Crippen molar-refractivity contribution in [3.63, 3.8) is 0 Å². The van der Waals surface area contributed by atoms with Gasteiger partial charge in [-0.05, 0) is 42.3 Å². The molecule has 0 spiro atoms. The average Bonchev–Trinajstić information content (AvgIpc) is 3.31. The fourth-order valence-electron chi connectivity index (χ4n) is 3.15. The van der Waals surface area contributed by atoms with Crippen LogP contribution in [0.1, 0.15) is 24.1 Å². The van der Waals surface area contributed by atoms with Gasteiger partial charge in [0.1, 0.15) is 25.9 Å². The van der Waals surface area contributed by atoms with E-state index in [-0.39, 0.29) is 12.1 Å². The molecule has 0 radical (unpaired) electrons. The monoisotopic (exact) mass is 393 g/mol. The summed E-state index contributed by atoms with van der Waals surface area (Å²) in [6.07, 6.45) is 3.15. The van der Waals surface area contributed by atoms with Crippen LogP contribution in [0.15, 0.2) is 55.1 Å². The number of hydrogen-bond donors (Lipinski definition) is 1. The standard InChI is InChI=1S/C21H23N5O3/c1-15(17-4-6-18(7-5-17)26-14-22-13-24-26)25(2)21(27)23-12-16-3-8-19-20(11-16)29-10-9-28-19/h3-8,11,13-15H,9-10,12H2,1-2H3,(H,23,27). The molecule has 0 aliphatic carbocycles. The highest BCUT2D eigenvalue weighted by molar-refractivity contribution is 5.74. The van der Waals surface area contributed by atoms with Crippen LogP contribution in [0, 0.1) is 0 Å². The van der Waals surface area contributed by atoms with Gasteiger partial charge in [-0.2, -0.15) is 5.10 Å². The van der Waals surface area contributed by atoms with Crippen LogP contribution < -0.4 is 14.8 Å². The van der Waals surface area contributed by atoms with Gasteiger partial charge in [-0.25, -0.2) is 14.5 Å². The van der Waals surface area contributed by atoms with Crippen LogP contribution in [0.25, 0.3) is 5.69 Å². The van der Waals surface area contributed by atoms with Gasteiger partial charge >= 0.3 is 6.03 Å². The molecule has 1 aliphatic heterocycles. The average molecular weight is 393 g/mol. The van der Waals surface area contributed by atoms with Gasteiger partial charge in [0, 0.05) is 13.6 Å². The molecule has 150 valence electrons. The van der Waals surface area contributed by atoms with Gasteiger partial charge in [0.25, 0.3) is 0 Å². The lowest BCUT2D eigenvalue weighted by molar-refractivity contribution is 0.171. The lowest BCUT2D eigenvalue weighted by Gasteiger charge is -2.26. The molecule has 4 rings (SSSR count). The van der Waals surface area contributed by atoms with Crippen molar-refractivity contribution in [2.75, 3.05) is 20.3 Å². The van der Waals surface area contributed by atoms with Crippen molar-refractivity contribution in [1.29, 1.82) is 0 Å². The van der Waals surface area contributed by atoms with E-state index in [1.165, 1.54) is 6.33 Å². The molecule has 1 aliphatic rings. The fraction of sp³-hybridized carbons (Fsp3) is 0.286. The Kier molecular flexibility index (Phi) is 5.33. The van der Waals surface area contributed by atoms with E-state index in [2.05, 4.69) is 15.4 Å². The summed E-state index contributed by atoms with van der Waals surface area (Å²) in [5.41, 5.74) is 2.91. The number of carbonyl (C=O) groups excluding carboxylic acids is 1. The van der Waals surface area contributed by atoms with Crippen molar-refractivity contribution < 1.29 is 14.3 Å². The normalized spacial score (nSPS) is 13.6.